The molecule has 0 bridgehead atoms. The molecule has 1 N–H and O–H groups in total. The maximum Gasteiger partial charge on any atom is 0.161 e. The summed E-state index contributed by atoms with van der Waals surface area (Å²) in [4.78, 5) is 2.29. The molecule has 1 unspecified atom stereocenters. The standard InChI is InChI=1S/C18H27N3O3/c1-21-8-10-23-16(14-21)13-20-12-15-5-6-17(22-2)18(11-15)24-9-4-3-7-19/h5-6,11,16,20H,3-4,8-10,12-14H2,1-2H3. The minimum Gasteiger partial charge on any atom is -0.493 e. The summed E-state index contributed by atoms with van der Waals surface area (Å²) in [6, 6.07) is 8.06. The zero-order valence-corrected chi connectivity index (χ0v) is 14.6. The van der Waals surface area contributed by atoms with Crippen LogP contribution in [0, 0.1) is 11.3 Å². The Balaban J connectivity index is 1.82. The number of ether oxygens (including phenoxy) is 3. The zero-order chi connectivity index (χ0) is 17.2. The first-order valence-corrected chi connectivity index (χ1v) is 8.40. The lowest BCUT2D eigenvalue weighted by Gasteiger charge is -2.30. The lowest BCUT2D eigenvalue weighted by molar-refractivity contribution is -0.0182. The fraction of sp³-hybridized carbons (Fsp3) is 0.611. The number of methoxy groups -OCH3 is 1. The lowest BCUT2D eigenvalue weighted by atomic mass is 10.2. The highest BCUT2D eigenvalue weighted by molar-refractivity contribution is 5.42. The number of unbranched alkanes of at least 4 members (excludes halogenated alkanes) is 1. The summed E-state index contributed by atoms with van der Waals surface area (Å²) in [6.07, 6.45) is 1.46. The van der Waals surface area contributed by atoms with E-state index >= 15 is 0 Å². The molecule has 2 rings (SSSR count). The molecule has 24 heavy (non-hydrogen) atoms. The minimum atomic E-state index is 0.240. The Labute approximate surface area is 144 Å². The molecule has 1 atom stereocenters. The maximum atomic E-state index is 8.58. The highest BCUT2D eigenvalue weighted by Gasteiger charge is 2.17. The van der Waals surface area contributed by atoms with E-state index < -0.39 is 0 Å². The summed E-state index contributed by atoms with van der Waals surface area (Å²) in [7, 11) is 3.75. The normalized spacial score (nSPS) is 18.1. The van der Waals surface area contributed by atoms with Gasteiger partial charge in [0.1, 0.15) is 0 Å². The van der Waals surface area contributed by atoms with Crippen LogP contribution in [-0.4, -0.2) is 58.0 Å². The van der Waals surface area contributed by atoms with Crippen molar-refractivity contribution in [2.45, 2.75) is 25.5 Å². The molecule has 0 saturated carbocycles. The van der Waals surface area contributed by atoms with Gasteiger partial charge in [0.2, 0.25) is 0 Å². The molecule has 1 aliphatic heterocycles. The van der Waals surface area contributed by atoms with Crippen molar-refractivity contribution in [1.82, 2.24) is 10.2 Å². The number of hydrogen-bond donors (Lipinski definition) is 1. The van der Waals surface area contributed by atoms with Gasteiger partial charge in [0, 0.05) is 32.6 Å². The molecule has 132 valence electrons. The van der Waals surface area contributed by atoms with Gasteiger partial charge in [0.05, 0.1) is 32.5 Å². The maximum absolute atomic E-state index is 8.58. The molecule has 0 spiro atoms. The molecular weight excluding hydrogens is 306 g/mol. The van der Waals surface area contributed by atoms with Crippen LogP contribution < -0.4 is 14.8 Å². The van der Waals surface area contributed by atoms with E-state index in [0.29, 0.717) is 25.2 Å². The number of benzene rings is 1. The first-order chi connectivity index (χ1) is 11.7. The van der Waals surface area contributed by atoms with Crippen LogP contribution in [0.5, 0.6) is 11.5 Å². The summed E-state index contributed by atoms with van der Waals surface area (Å²) in [5, 5.41) is 12.0. The predicted molar refractivity (Wildman–Crippen MR) is 92.3 cm³/mol. The smallest absolute Gasteiger partial charge is 0.161 e. The number of nitriles is 1. The Kier molecular flexibility index (Phi) is 7.83. The Morgan fingerprint density at radius 2 is 2.29 bits per heavy atom. The van der Waals surface area contributed by atoms with E-state index in [-0.39, 0.29) is 6.10 Å². The van der Waals surface area contributed by atoms with Crippen molar-refractivity contribution in [3.63, 3.8) is 0 Å². The van der Waals surface area contributed by atoms with Crippen LogP contribution in [0.25, 0.3) is 0 Å². The van der Waals surface area contributed by atoms with E-state index in [1.807, 2.05) is 18.2 Å². The van der Waals surface area contributed by atoms with Gasteiger partial charge in [-0.2, -0.15) is 5.26 Å². The predicted octanol–water partition coefficient (Wildman–Crippen LogP) is 1.80. The second-order valence-corrected chi connectivity index (χ2v) is 5.98. The molecule has 6 nitrogen and oxygen atoms in total. The third-order valence-corrected chi connectivity index (χ3v) is 3.96. The van der Waals surface area contributed by atoms with Crippen molar-refractivity contribution < 1.29 is 14.2 Å². The fourth-order valence-electron chi connectivity index (χ4n) is 2.65. The van der Waals surface area contributed by atoms with Gasteiger partial charge in [-0.15, -0.1) is 0 Å². The second-order valence-electron chi connectivity index (χ2n) is 5.98. The number of morpholine rings is 1. The van der Waals surface area contributed by atoms with Crippen LogP contribution in [0.15, 0.2) is 18.2 Å². The van der Waals surface area contributed by atoms with Crippen LogP contribution in [-0.2, 0) is 11.3 Å². The Bertz CT molecular complexity index is 545. The van der Waals surface area contributed by atoms with Gasteiger partial charge in [0.25, 0.3) is 0 Å². The molecule has 1 fully saturated rings. The monoisotopic (exact) mass is 333 g/mol. The summed E-state index contributed by atoms with van der Waals surface area (Å²) < 4.78 is 16.8. The number of likely N-dealkylation sites (N-methyl/N-ethyl adjacent to an activating group) is 1. The fourth-order valence-corrected chi connectivity index (χ4v) is 2.65. The molecule has 1 aromatic rings. The molecule has 0 amide bonds. The quantitative estimate of drug-likeness (QED) is 0.695. The third kappa shape index (κ3) is 6.00. The first-order valence-electron chi connectivity index (χ1n) is 8.40. The van der Waals surface area contributed by atoms with Crippen molar-refractivity contribution in [2.75, 3.05) is 47.0 Å². The van der Waals surface area contributed by atoms with Crippen molar-refractivity contribution in [2.24, 2.45) is 0 Å². The van der Waals surface area contributed by atoms with Gasteiger partial charge in [-0.05, 0) is 31.2 Å². The van der Waals surface area contributed by atoms with E-state index in [1.165, 1.54) is 0 Å². The SMILES string of the molecule is COc1ccc(CNCC2CN(C)CCO2)cc1OCCCC#N. The summed E-state index contributed by atoms with van der Waals surface area (Å²) >= 11 is 0. The van der Waals surface area contributed by atoms with Crippen molar-refractivity contribution in [3.05, 3.63) is 23.8 Å². The van der Waals surface area contributed by atoms with E-state index in [2.05, 4.69) is 23.3 Å². The topological polar surface area (TPSA) is 66.8 Å². The Hall–Kier alpha value is -1.81. The molecule has 1 saturated heterocycles. The summed E-state index contributed by atoms with van der Waals surface area (Å²) in [5.74, 6) is 1.44. The molecule has 1 heterocycles. The van der Waals surface area contributed by atoms with Gasteiger partial charge in [-0.25, -0.2) is 0 Å². The van der Waals surface area contributed by atoms with Crippen molar-refractivity contribution >= 4 is 0 Å². The van der Waals surface area contributed by atoms with E-state index in [4.69, 9.17) is 19.5 Å². The lowest BCUT2D eigenvalue weighted by Crippen LogP contribution is -2.44. The van der Waals surface area contributed by atoms with Gasteiger partial charge >= 0.3 is 0 Å². The molecular formula is C18H27N3O3. The molecule has 0 radical (unpaired) electrons. The summed E-state index contributed by atoms with van der Waals surface area (Å²) in [6.45, 7) is 4.86. The van der Waals surface area contributed by atoms with E-state index in [1.54, 1.807) is 7.11 Å². The van der Waals surface area contributed by atoms with E-state index in [9.17, 15) is 0 Å². The average molecular weight is 333 g/mol. The van der Waals surface area contributed by atoms with Gasteiger partial charge in [-0.3, -0.25) is 0 Å². The number of hydrogen-bond acceptors (Lipinski definition) is 6. The molecule has 0 aliphatic carbocycles. The van der Waals surface area contributed by atoms with Gasteiger partial charge < -0.3 is 24.4 Å². The Morgan fingerprint density at radius 1 is 1.42 bits per heavy atom. The minimum absolute atomic E-state index is 0.240. The van der Waals surface area contributed by atoms with E-state index in [0.717, 1.165) is 44.1 Å². The highest BCUT2D eigenvalue weighted by atomic mass is 16.5. The van der Waals surface area contributed by atoms with Crippen LogP contribution in [0.2, 0.25) is 0 Å². The van der Waals surface area contributed by atoms with Gasteiger partial charge in [-0.1, -0.05) is 6.07 Å². The van der Waals surface area contributed by atoms with Crippen molar-refractivity contribution in [3.8, 4) is 17.6 Å². The van der Waals surface area contributed by atoms with Crippen LogP contribution >= 0.6 is 0 Å². The van der Waals surface area contributed by atoms with Gasteiger partial charge in [0.15, 0.2) is 11.5 Å². The largest absolute Gasteiger partial charge is 0.493 e. The number of rotatable bonds is 9. The number of nitrogens with one attached hydrogen (secondary N) is 1. The molecule has 6 heteroatoms. The first kappa shape index (κ1) is 18.5. The third-order valence-electron chi connectivity index (χ3n) is 3.96. The van der Waals surface area contributed by atoms with Crippen LogP contribution in [0.1, 0.15) is 18.4 Å². The molecule has 1 aromatic carbocycles. The van der Waals surface area contributed by atoms with Crippen LogP contribution in [0.3, 0.4) is 0 Å². The Morgan fingerprint density at radius 3 is 3.04 bits per heavy atom. The molecule has 1 aliphatic rings. The van der Waals surface area contributed by atoms with Crippen molar-refractivity contribution in [1.29, 1.82) is 5.26 Å². The summed E-state index contributed by atoms with van der Waals surface area (Å²) in [5.41, 5.74) is 1.13. The number of nitrogens with zero attached hydrogens (tertiary/aromatic N) is 2. The zero-order valence-electron chi connectivity index (χ0n) is 14.6. The second kappa shape index (κ2) is 10.1. The molecule has 0 aromatic heterocycles. The highest BCUT2D eigenvalue weighted by Crippen LogP contribution is 2.28. The van der Waals surface area contributed by atoms with Crippen LogP contribution in [0.4, 0.5) is 0 Å². The average Bonchev–Trinajstić information content (AvgIpc) is 2.59.